The second kappa shape index (κ2) is 7.02. The van der Waals surface area contributed by atoms with Crippen LogP contribution in [0.1, 0.15) is 44.2 Å². The summed E-state index contributed by atoms with van der Waals surface area (Å²) in [6.45, 7) is 7.24. The smallest absolute Gasteiger partial charge is 0.243 e. The third kappa shape index (κ3) is 3.13. The number of carbonyl (C=O) groups is 1. The van der Waals surface area contributed by atoms with Gasteiger partial charge in [-0.25, -0.2) is 4.98 Å². The van der Waals surface area contributed by atoms with E-state index in [0.717, 1.165) is 63.6 Å². The number of piperazine rings is 1. The Labute approximate surface area is 155 Å². The molecule has 2 aliphatic heterocycles. The van der Waals surface area contributed by atoms with E-state index in [1.807, 2.05) is 13.0 Å². The zero-order valence-corrected chi connectivity index (χ0v) is 15.8. The van der Waals surface area contributed by atoms with Crippen LogP contribution in [-0.2, 0) is 4.79 Å². The Morgan fingerprint density at radius 3 is 2.27 bits per heavy atom. The van der Waals surface area contributed by atoms with Gasteiger partial charge in [0, 0.05) is 37.9 Å². The molecular formula is C19H30N6O. The van der Waals surface area contributed by atoms with Crippen molar-refractivity contribution in [2.24, 2.45) is 0 Å². The summed E-state index contributed by atoms with van der Waals surface area (Å²) in [5.74, 6) is 1.56. The fraction of sp³-hybridized carbons (Fsp3) is 0.737. The number of nitrogens with two attached hydrogens (primary N) is 1. The molecule has 1 saturated carbocycles. The minimum absolute atomic E-state index is 0.214. The molecule has 0 bridgehead atoms. The molecule has 2 N–H and O–H groups in total. The molecule has 7 heteroatoms. The summed E-state index contributed by atoms with van der Waals surface area (Å²) < 4.78 is 0. The van der Waals surface area contributed by atoms with Crippen molar-refractivity contribution in [1.82, 2.24) is 19.8 Å². The Kier molecular flexibility index (Phi) is 4.73. The maximum absolute atomic E-state index is 13.5. The number of anilines is 2. The van der Waals surface area contributed by atoms with Gasteiger partial charge in [0.1, 0.15) is 11.4 Å². The van der Waals surface area contributed by atoms with E-state index < -0.39 is 0 Å². The van der Waals surface area contributed by atoms with E-state index in [-0.39, 0.29) is 5.54 Å². The van der Waals surface area contributed by atoms with E-state index in [2.05, 4.69) is 24.7 Å². The van der Waals surface area contributed by atoms with Crippen LogP contribution < -0.4 is 10.6 Å². The van der Waals surface area contributed by atoms with Gasteiger partial charge in [0.25, 0.3) is 0 Å². The first-order chi connectivity index (χ1) is 12.6. The number of nitrogen functional groups attached to an aromatic ring is 1. The number of carbonyl (C=O) groups excluding carboxylic acids is 1. The zero-order valence-electron chi connectivity index (χ0n) is 15.8. The number of hydrogen-bond donors (Lipinski definition) is 1. The molecule has 4 rings (SSSR count). The van der Waals surface area contributed by atoms with Gasteiger partial charge in [0.05, 0.1) is 0 Å². The largest absolute Gasteiger partial charge is 0.368 e. The lowest BCUT2D eigenvalue weighted by atomic mass is 9.93. The summed E-state index contributed by atoms with van der Waals surface area (Å²) in [6, 6.07) is 1.97. The van der Waals surface area contributed by atoms with Crippen LogP contribution in [-0.4, -0.2) is 70.5 Å². The van der Waals surface area contributed by atoms with E-state index in [9.17, 15) is 4.79 Å². The van der Waals surface area contributed by atoms with Crippen molar-refractivity contribution in [3.8, 4) is 0 Å². The van der Waals surface area contributed by atoms with Gasteiger partial charge < -0.3 is 15.5 Å². The number of hydrogen-bond acceptors (Lipinski definition) is 6. The lowest BCUT2D eigenvalue weighted by Gasteiger charge is -2.44. The Bertz CT molecular complexity index is 638. The van der Waals surface area contributed by atoms with E-state index in [1.165, 1.54) is 25.7 Å². The standard InChI is InChI=1S/C19H30N6O/c1-15-14-16(22-18(20)21-15)23-10-12-24(13-11-23)17(26)19(6-2-3-7-19)25-8-4-5-9-25/h14H,2-13H2,1H3,(H2,20,21,22). The highest BCUT2D eigenvalue weighted by atomic mass is 16.2. The maximum atomic E-state index is 13.5. The van der Waals surface area contributed by atoms with Crippen molar-refractivity contribution in [2.75, 3.05) is 49.9 Å². The summed E-state index contributed by atoms with van der Waals surface area (Å²) in [7, 11) is 0. The highest BCUT2D eigenvalue weighted by Crippen LogP contribution is 2.39. The summed E-state index contributed by atoms with van der Waals surface area (Å²) in [6.07, 6.45) is 6.90. The average molecular weight is 358 g/mol. The molecule has 0 unspecified atom stereocenters. The Morgan fingerprint density at radius 2 is 1.65 bits per heavy atom. The van der Waals surface area contributed by atoms with Gasteiger partial charge in [-0.05, 0) is 45.7 Å². The number of nitrogens with zero attached hydrogens (tertiary/aromatic N) is 5. The highest BCUT2D eigenvalue weighted by Gasteiger charge is 2.48. The molecule has 3 aliphatic rings. The van der Waals surface area contributed by atoms with E-state index >= 15 is 0 Å². The molecule has 0 radical (unpaired) electrons. The van der Waals surface area contributed by atoms with E-state index in [4.69, 9.17) is 5.73 Å². The van der Waals surface area contributed by atoms with E-state index in [1.54, 1.807) is 0 Å². The Hall–Kier alpha value is -1.89. The van der Waals surface area contributed by atoms with Gasteiger partial charge in [-0.15, -0.1) is 0 Å². The first kappa shape index (κ1) is 17.5. The predicted molar refractivity (Wildman–Crippen MR) is 102 cm³/mol. The van der Waals surface area contributed by atoms with Crippen LogP contribution in [0.4, 0.5) is 11.8 Å². The van der Waals surface area contributed by atoms with Gasteiger partial charge >= 0.3 is 0 Å². The summed E-state index contributed by atoms with van der Waals surface area (Å²) >= 11 is 0. The molecule has 0 aromatic carbocycles. The van der Waals surface area contributed by atoms with Crippen molar-refractivity contribution in [3.05, 3.63) is 11.8 Å². The molecule has 0 atom stereocenters. The highest BCUT2D eigenvalue weighted by molar-refractivity contribution is 5.87. The molecular weight excluding hydrogens is 328 g/mol. The number of likely N-dealkylation sites (tertiary alicyclic amines) is 1. The van der Waals surface area contributed by atoms with Crippen LogP contribution >= 0.6 is 0 Å². The van der Waals surface area contributed by atoms with Crippen LogP contribution in [0.15, 0.2) is 6.07 Å². The number of amides is 1. The Morgan fingerprint density at radius 1 is 1.00 bits per heavy atom. The SMILES string of the molecule is Cc1cc(N2CCN(C(=O)C3(N4CCCC4)CCCC3)CC2)nc(N)n1. The minimum atomic E-state index is -0.214. The van der Waals surface area contributed by atoms with Crippen molar-refractivity contribution in [2.45, 2.75) is 51.0 Å². The van der Waals surface area contributed by atoms with Crippen LogP contribution in [0.3, 0.4) is 0 Å². The number of aromatic nitrogens is 2. The average Bonchev–Trinajstić information content (AvgIpc) is 3.32. The molecule has 142 valence electrons. The predicted octanol–water partition coefficient (Wildman–Crippen LogP) is 1.42. The lowest BCUT2D eigenvalue weighted by molar-refractivity contribution is -0.144. The van der Waals surface area contributed by atoms with Crippen LogP contribution in [0.25, 0.3) is 0 Å². The van der Waals surface area contributed by atoms with Crippen LogP contribution in [0, 0.1) is 6.92 Å². The second-order valence-electron chi connectivity index (χ2n) is 7.94. The maximum Gasteiger partial charge on any atom is 0.243 e. The monoisotopic (exact) mass is 358 g/mol. The first-order valence-corrected chi connectivity index (χ1v) is 9.99. The normalized spacial score (nSPS) is 23.6. The summed E-state index contributed by atoms with van der Waals surface area (Å²) in [5.41, 5.74) is 6.46. The fourth-order valence-electron chi connectivity index (χ4n) is 4.94. The molecule has 1 aliphatic carbocycles. The second-order valence-corrected chi connectivity index (χ2v) is 7.94. The lowest BCUT2D eigenvalue weighted by Crippen LogP contribution is -2.61. The quantitative estimate of drug-likeness (QED) is 0.880. The summed E-state index contributed by atoms with van der Waals surface area (Å²) in [5, 5.41) is 0. The van der Waals surface area contributed by atoms with Gasteiger partial charge in [-0.3, -0.25) is 9.69 Å². The number of aryl methyl sites for hydroxylation is 1. The van der Waals surface area contributed by atoms with Crippen molar-refractivity contribution in [3.63, 3.8) is 0 Å². The molecule has 1 aromatic heterocycles. The van der Waals surface area contributed by atoms with Gasteiger partial charge in [0.2, 0.25) is 11.9 Å². The molecule has 1 aromatic rings. The van der Waals surface area contributed by atoms with Crippen LogP contribution in [0.2, 0.25) is 0 Å². The third-order valence-corrected chi connectivity index (χ3v) is 6.29. The molecule has 7 nitrogen and oxygen atoms in total. The fourth-order valence-corrected chi connectivity index (χ4v) is 4.94. The molecule has 3 heterocycles. The van der Waals surface area contributed by atoms with Crippen molar-refractivity contribution < 1.29 is 4.79 Å². The molecule has 1 amide bonds. The minimum Gasteiger partial charge on any atom is -0.368 e. The number of rotatable bonds is 3. The van der Waals surface area contributed by atoms with Crippen molar-refractivity contribution >= 4 is 17.7 Å². The molecule has 2 saturated heterocycles. The van der Waals surface area contributed by atoms with Crippen molar-refractivity contribution in [1.29, 1.82) is 0 Å². The first-order valence-electron chi connectivity index (χ1n) is 9.99. The molecule has 26 heavy (non-hydrogen) atoms. The Balaban J connectivity index is 1.44. The van der Waals surface area contributed by atoms with Crippen LogP contribution in [0.5, 0.6) is 0 Å². The molecule has 0 spiro atoms. The zero-order chi connectivity index (χ0) is 18.1. The molecule has 3 fully saturated rings. The van der Waals surface area contributed by atoms with Gasteiger partial charge in [-0.2, -0.15) is 4.98 Å². The third-order valence-electron chi connectivity index (χ3n) is 6.29. The van der Waals surface area contributed by atoms with Gasteiger partial charge in [0.15, 0.2) is 0 Å². The van der Waals surface area contributed by atoms with E-state index in [0.29, 0.717) is 11.9 Å². The topological polar surface area (TPSA) is 78.6 Å². The summed E-state index contributed by atoms with van der Waals surface area (Å²) in [4.78, 5) is 28.8. The van der Waals surface area contributed by atoms with Gasteiger partial charge in [-0.1, -0.05) is 12.8 Å².